The smallest absolute Gasteiger partial charge is 0.226 e. The molecule has 4 unspecified atom stereocenters. The number of carbonyl (C=O) groups is 1. The Morgan fingerprint density at radius 2 is 2.27 bits per heavy atom. The van der Waals surface area contributed by atoms with Crippen molar-refractivity contribution in [3.63, 3.8) is 0 Å². The summed E-state index contributed by atoms with van der Waals surface area (Å²) in [6.45, 7) is 4.85. The van der Waals surface area contributed by atoms with E-state index in [-0.39, 0.29) is 6.10 Å². The number of aliphatic hydroxyl groups is 1. The summed E-state index contributed by atoms with van der Waals surface area (Å²) in [5.41, 5.74) is 0. The van der Waals surface area contributed by atoms with E-state index in [4.69, 9.17) is 0 Å². The molecular weight excluding hydrogens is 190 g/mol. The lowest BCUT2D eigenvalue weighted by molar-refractivity contribution is -0.134. The maximum absolute atomic E-state index is 12.1. The zero-order chi connectivity index (χ0) is 11.0. The van der Waals surface area contributed by atoms with Crippen LogP contribution in [0.15, 0.2) is 0 Å². The molecule has 1 aliphatic heterocycles. The van der Waals surface area contributed by atoms with Gasteiger partial charge in [-0.2, -0.15) is 0 Å². The number of rotatable bonds is 3. The molecule has 86 valence electrons. The second-order valence-corrected chi connectivity index (χ2v) is 5.23. The van der Waals surface area contributed by atoms with Gasteiger partial charge in [0, 0.05) is 18.5 Å². The van der Waals surface area contributed by atoms with E-state index in [9.17, 15) is 9.90 Å². The van der Waals surface area contributed by atoms with Gasteiger partial charge < -0.3 is 10.0 Å². The third kappa shape index (κ3) is 2.33. The van der Waals surface area contributed by atoms with Crippen LogP contribution in [0.3, 0.4) is 0 Å². The summed E-state index contributed by atoms with van der Waals surface area (Å²) in [4.78, 5) is 14.1. The minimum Gasteiger partial charge on any atom is -0.393 e. The zero-order valence-corrected chi connectivity index (χ0v) is 9.65. The first-order valence-electron chi connectivity index (χ1n) is 6.08. The highest BCUT2D eigenvalue weighted by Gasteiger charge is 2.44. The van der Waals surface area contributed by atoms with E-state index in [1.54, 1.807) is 6.92 Å². The lowest BCUT2D eigenvalue weighted by atomic mass is 10.1. The summed E-state index contributed by atoms with van der Waals surface area (Å²) >= 11 is 0. The number of nitrogens with zero attached hydrogens (tertiary/aromatic N) is 1. The van der Waals surface area contributed by atoms with Gasteiger partial charge in [0.15, 0.2) is 0 Å². The van der Waals surface area contributed by atoms with Gasteiger partial charge in [0.1, 0.15) is 0 Å². The van der Waals surface area contributed by atoms with Gasteiger partial charge >= 0.3 is 0 Å². The van der Waals surface area contributed by atoms with Crippen LogP contribution in [0.5, 0.6) is 0 Å². The predicted molar refractivity (Wildman–Crippen MR) is 58.3 cm³/mol. The Bertz CT molecular complexity index is 252. The normalized spacial score (nSPS) is 36.7. The Kier molecular flexibility index (Phi) is 3.01. The average molecular weight is 211 g/mol. The van der Waals surface area contributed by atoms with Crippen molar-refractivity contribution in [3.8, 4) is 0 Å². The standard InChI is InChI=1S/C12H21NO2/c1-8-6-11(8)12(15)13-5-3-4-10(13)7-9(2)14/h8-11,14H,3-7H2,1-2H3. The molecule has 0 bridgehead atoms. The third-order valence-electron chi connectivity index (χ3n) is 3.70. The molecule has 3 nitrogen and oxygen atoms in total. The van der Waals surface area contributed by atoms with Crippen molar-refractivity contribution >= 4 is 5.91 Å². The summed E-state index contributed by atoms with van der Waals surface area (Å²) in [5, 5.41) is 9.38. The molecule has 0 aromatic carbocycles. The van der Waals surface area contributed by atoms with Gasteiger partial charge in [-0.3, -0.25) is 4.79 Å². The Morgan fingerprint density at radius 3 is 2.80 bits per heavy atom. The maximum Gasteiger partial charge on any atom is 0.226 e. The minimum absolute atomic E-state index is 0.291. The highest BCUT2D eigenvalue weighted by atomic mass is 16.3. The van der Waals surface area contributed by atoms with Crippen molar-refractivity contribution in [2.24, 2.45) is 11.8 Å². The SMILES string of the molecule is CC(O)CC1CCCN1C(=O)C1CC1C. The van der Waals surface area contributed by atoms with Crippen molar-refractivity contribution in [2.75, 3.05) is 6.54 Å². The van der Waals surface area contributed by atoms with Gasteiger partial charge in [-0.1, -0.05) is 6.92 Å². The molecule has 2 rings (SSSR count). The molecule has 1 aliphatic carbocycles. The molecule has 15 heavy (non-hydrogen) atoms. The van der Waals surface area contributed by atoms with Crippen LogP contribution >= 0.6 is 0 Å². The monoisotopic (exact) mass is 211 g/mol. The maximum atomic E-state index is 12.1. The van der Waals surface area contributed by atoms with E-state index in [1.807, 2.05) is 4.90 Å². The van der Waals surface area contributed by atoms with Crippen molar-refractivity contribution < 1.29 is 9.90 Å². The highest BCUT2D eigenvalue weighted by Crippen LogP contribution is 2.40. The molecule has 2 aliphatic rings. The van der Waals surface area contributed by atoms with Crippen LogP contribution in [0.1, 0.15) is 39.5 Å². The summed E-state index contributed by atoms with van der Waals surface area (Å²) in [6.07, 6.45) is 3.69. The summed E-state index contributed by atoms with van der Waals surface area (Å²) in [6, 6.07) is 0.297. The number of amides is 1. The lowest BCUT2D eigenvalue weighted by Gasteiger charge is -2.25. The fourth-order valence-corrected chi connectivity index (χ4v) is 2.64. The second kappa shape index (κ2) is 4.12. The fourth-order valence-electron chi connectivity index (χ4n) is 2.64. The molecule has 1 heterocycles. The first-order chi connectivity index (χ1) is 7.09. The Morgan fingerprint density at radius 1 is 1.60 bits per heavy atom. The quantitative estimate of drug-likeness (QED) is 0.766. The van der Waals surface area contributed by atoms with Crippen LogP contribution in [-0.4, -0.2) is 34.6 Å². The largest absolute Gasteiger partial charge is 0.393 e. The Labute approximate surface area is 91.5 Å². The van der Waals surface area contributed by atoms with E-state index in [0.717, 1.165) is 32.2 Å². The molecule has 0 radical (unpaired) electrons. The molecule has 4 atom stereocenters. The lowest BCUT2D eigenvalue weighted by Crippen LogP contribution is -2.38. The third-order valence-corrected chi connectivity index (χ3v) is 3.70. The number of aliphatic hydroxyl groups excluding tert-OH is 1. The number of carbonyl (C=O) groups excluding carboxylic acids is 1. The molecule has 3 heteroatoms. The van der Waals surface area contributed by atoms with Crippen LogP contribution in [0.25, 0.3) is 0 Å². The number of hydrogen-bond acceptors (Lipinski definition) is 2. The molecule has 1 saturated carbocycles. The van der Waals surface area contributed by atoms with Gasteiger partial charge in [0.25, 0.3) is 0 Å². The Balaban J connectivity index is 1.92. The van der Waals surface area contributed by atoms with Gasteiger partial charge in [-0.15, -0.1) is 0 Å². The van der Waals surface area contributed by atoms with E-state index in [2.05, 4.69) is 6.92 Å². The first kappa shape index (κ1) is 10.9. The number of hydrogen-bond donors (Lipinski definition) is 1. The van der Waals surface area contributed by atoms with E-state index < -0.39 is 0 Å². The molecule has 1 N–H and O–H groups in total. The molecular formula is C12H21NO2. The van der Waals surface area contributed by atoms with Crippen molar-refractivity contribution in [2.45, 2.75) is 51.7 Å². The van der Waals surface area contributed by atoms with Gasteiger partial charge in [0.05, 0.1) is 6.10 Å². The molecule has 0 aromatic rings. The van der Waals surface area contributed by atoms with Crippen molar-refractivity contribution in [1.82, 2.24) is 4.90 Å². The molecule has 0 aromatic heterocycles. The minimum atomic E-state index is -0.292. The first-order valence-corrected chi connectivity index (χ1v) is 6.08. The summed E-state index contributed by atoms with van der Waals surface area (Å²) in [5.74, 6) is 1.22. The zero-order valence-electron chi connectivity index (χ0n) is 9.65. The van der Waals surface area contributed by atoms with Gasteiger partial charge in [-0.25, -0.2) is 0 Å². The summed E-state index contributed by atoms with van der Waals surface area (Å²) in [7, 11) is 0. The number of likely N-dealkylation sites (tertiary alicyclic amines) is 1. The van der Waals surface area contributed by atoms with E-state index in [0.29, 0.717) is 23.8 Å². The van der Waals surface area contributed by atoms with E-state index >= 15 is 0 Å². The average Bonchev–Trinajstić information content (AvgIpc) is 2.71. The highest BCUT2D eigenvalue weighted by molar-refractivity contribution is 5.82. The van der Waals surface area contributed by atoms with Crippen molar-refractivity contribution in [1.29, 1.82) is 0 Å². The van der Waals surface area contributed by atoms with Crippen LogP contribution < -0.4 is 0 Å². The van der Waals surface area contributed by atoms with Crippen LogP contribution in [-0.2, 0) is 4.79 Å². The van der Waals surface area contributed by atoms with E-state index in [1.165, 1.54) is 0 Å². The van der Waals surface area contributed by atoms with Crippen molar-refractivity contribution in [3.05, 3.63) is 0 Å². The molecule has 2 fully saturated rings. The molecule has 0 spiro atoms. The fraction of sp³-hybridized carbons (Fsp3) is 0.917. The summed E-state index contributed by atoms with van der Waals surface area (Å²) < 4.78 is 0. The molecule has 1 saturated heterocycles. The molecule has 1 amide bonds. The predicted octanol–water partition coefficient (Wildman–Crippen LogP) is 1.40. The van der Waals surface area contributed by atoms with Crippen LogP contribution in [0.4, 0.5) is 0 Å². The van der Waals surface area contributed by atoms with Gasteiger partial charge in [0.2, 0.25) is 5.91 Å². The van der Waals surface area contributed by atoms with Crippen LogP contribution in [0, 0.1) is 11.8 Å². The van der Waals surface area contributed by atoms with Crippen LogP contribution in [0.2, 0.25) is 0 Å². The second-order valence-electron chi connectivity index (χ2n) is 5.23. The topological polar surface area (TPSA) is 40.5 Å². The van der Waals surface area contributed by atoms with Gasteiger partial charge in [-0.05, 0) is 38.5 Å². The Hall–Kier alpha value is -0.570.